The lowest BCUT2D eigenvalue weighted by Crippen LogP contribution is -2.49. The molecule has 6 nitrogen and oxygen atoms in total. The number of pyridine rings is 1. The molecule has 0 saturated carbocycles. The van der Waals surface area contributed by atoms with Crippen molar-refractivity contribution in [2.75, 3.05) is 12.4 Å². The lowest BCUT2D eigenvalue weighted by atomic mass is 9.73. The van der Waals surface area contributed by atoms with Crippen molar-refractivity contribution in [3.05, 3.63) is 52.3 Å². The van der Waals surface area contributed by atoms with Gasteiger partial charge in [0.05, 0.1) is 24.6 Å². The highest BCUT2D eigenvalue weighted by Gasteiger charge is 2.55. The van der Waals surface area contributed by atoms with E-state index in [0.29, 0.717) is 15.8 Å². The van der Waals surface area contributed by atoms with Gasteiger partial charge in [0.1, 0.15) is 11.4 Å². The fraction of sp³-hybridized carbons (Fsp3) is 0.462. The van der Waals surface area contributed by atoms with Crippen molar-refractivity contribution in [3.63, 3.8) is 0 Å². The van der Waals surface area contributed by atoms with Crippen molar-refractivity contribution in [2.24, 2.45) is 0 Å². The van der Waals surface area contributed by atoms with Crippen LogP contribution in [0.25, 0.3) is 0 Å². The zero-order valence-electron chi connectivity index (χ0n) is 21.0. The first kappa shape index (κ1) is 29.5. The van der Waals surface area contributed by atoms with Gasteiger partial charge in [-0.15, -0.1) is 0 Å². The number of ether oxygens (including phenoxy) is 2. The largest absolute Gasteiger partial charge is 0.496 e. The van der Waals surface area contributed by atoms with Crippen LogP contribution in [0, 0.1) is 11.8 Å². The van der Waals surface area contributed by atoms with Crippen LogP contribution in [0.2, 0.25) is 0 Å². The number of alkyl halides is 3. The summed E-state index contributed by atoms with van der Waals surface area (Å²) in [7, 11) is 1.43. The number of halogens is 4. The van der Waals surface area contributed by atoms with Crippen LogP contribution >= 0.6 is 15.9 Å². The third-order valence-corrected chi connectivity index (χ3v) is 5.71. The van der Waals surface area contributed by atoms with Crippen molar-refractivity contribution in [1.29, 1.82) is 0 Å². The van der Waals surface area contributed by atoms with Crippen LogP contribution in [0.4, 0.5) is 23.7 Å². The summed E-state index contributed by atoms with van der Waals surface area (Å²) in [5.41, 5.74) is -4.06. The number of benzene rings is 1. The molecule has 0 saturated heterocycles. The van der Waals surface area contributed by atoms with E-state index in [2.05, 4.69) is 38.1 Å². The summed E-state index contributed by atoms with van der Waals surface area (Å²) < 4.78 is 53.5. The van der Waals surface area contributed by atoms with Crippen LogP contribution < -0.4 is 10.1 Å². The first-order valence-corrected chi connectivity index (χ1v) is 11.8. The summed E-state index contributed by atoms with van der Waals surface area (Å²) in [5.74, 6) is 5.47. The minimum absolute atomic E-state index is 0.175. The molecule has 0 spiro atoms. The van der Waals surface area contributed by atoms with Gasteiger partial charge in [-0.1, -0.05) is 41.6 Å². The summed E-state index contributed by atoms with van der Waals surface area (Å²) in [6, 6.07) is 6.49. The summed E-state index contributed by atoms with van der Waals surface area (Å²) in [4.78, 5) is 16.0. The molecule has 2 rings (SSSR count). The highest BCUT2D eigenvalue weighted by Crippen LogP contribution is 2.45. The average molecular weight is 571 g/mol. The van der Waals surface area contributed by atoms with Gasteiger partial charge in [-0.2, -0.15) is 13.2 Å². The maximum absolute atomic E-state index is 14.1. The number of nitrogens with zero attached hydrogens (tertiary/aromatic N) is 1. The predicted octanol–water partition coefficient (Wildman–Crippen LogP) is 6.60. The van der Waals surface area contributed by atoms with Crippen LogP contribution in [0.15, 0.2) is 41.1 Å². The summed E-state index contributed by atoms with van der Waals surface area (Å²) >= 11 is 3.34. The Kier molecular flexibility index (Phi) is 9.08. The fourth-order valence-electron chi connectivity index (χ4n) is 3.60. The molecule has 1 aromatic heterocycles. The molecule has 1 atom stereocenters. The molecule has 0 aliphatic rings. The Hall–Kier alpha value is -2.77. The molecule has 2 N–H and O–H groups in total. The Morgan fingerprint density at radius 1 is 1.17 bits per heavy atom. The Morgan fingerprint density at radius 3 is 2.42 bits per heavy atom. The normalized spacial score (nSPS) is 13.8. The maximum atomic E-state index is 14.1. The Balaban J connectivity index is 2.34. The van der Waals surface area contributed by atoms with Gasteiger partial charge < -0.3 is 14.6 Å². The van der Waals surface area contributed by atoms with Gasteiger partial charge >= 0.3 is 12.3 Å². The molecule has 1 amide bonds. The molecule has 0 fully saturated rings. The van der Waals surface area contributed by atoms with E-state index >= 15 is 0 Å². The second-order valence-electron chi connectivity index (χ2n) is 9.96. The highest BCUT2D eigenvalue weighted by molar-refractivity contribution is 9.10. The van der Waals surface area contributed by atoms with Gasteiger partial charge in [0.2, 0.25) is 0 Å². The van der Waals surface area contributed by atoms with E-state index in [0.717, 1.165) is 0 Å². The second kappa shape index (κ2) is 11.1. The molecule has 0 bridgehead atoms. The van der Waals surface area contributed by atoms with E-state index in [1.54, 1.807) is 52.8 Å². The topological polar surface area (TPSA) is 80.7 Å². The Labute approximate surface area is 217 Å². The number of carbonyl (C=O) groups is 1. The third kappa shape index (κ3) is 7.87. The Bertz CT molecular complexity index is 1150. The van der Waals surface area contributed by atoms with E-state index in [-0.39, 0.29) is 11.3 Å². The van der Waals surface area contributed by atoms with Gasteiger partial charge in [-0.3, -0.25) is 10.3 Å². The van der Waals surface area contributed by atoms with E-state index in [1.807, 2.05) is 0 Å². The average Bonchev–Trinajstić information content (AvgIpc) is 2.72. The molecule has 10 heteroatoms. The molecule has 36 heavy (non-hydrogen) atoms. The summed E-state index contributed by atoms with van der Waals surface area (Å²) in [6.45, 7) is 8.29. The second-order valence-corrected chi connectivity index (χ2v) is 10.9. The third-order valence-electron chi connectivity index (χ3n) is 5.21. The molecular weight excluding hydrogens is 541 g/mol. The smallest absolute Gasteiger partial charge is 0.418 e. The standard InChI is InChI=1S/C26H30BrF3N2O4/c1-23(2,3)36-22(33)32-20-15-31-13-11-17(20)8-7-12-25(34,26(28,29)30)16-24(4,5)19-14-18(27)9-10-21(19)35-6/h9-11,13-15,34H,12,16H2,1-6H3,(H,32,33). The van der Waals surface area contributed by atoms with Crippen molar-refractivity contribution in [3.8, 4) is 17.6 Å². The number of anilines is 1. The van der Waals surface area contributed by atoms with E-state index in [9.17, 15) is 23.1 Å². The number of amides is 1. The van der Waals surface area contributed by atoms with Crippen molar-refractivity contribution >= 4 is 27.7 Å². The molecule has 196 valence electrons. The number of nitrogens with one attached hydrogen (secondary N) is 1. The molecule has 0 aliphatic carbocycles. The fourth-order valence-corrected chi connectivity index (χ4v) is 3.96. The van der Waals surface area contributed by atoms with Crippen LogP contribution in [-0.2, 0) is 10.2 Å². The minimum atomic E-state index is -4.95. The van der Waals surface area contributed by atoms with Crippen molar-refractivity contribution < 1.29 is 32.5 Å². The molecule has 0 radical (unpaired) electrons. The lowest BCUT2D eigenvalue weighted by molar-refractivity contribution is -0.264. The quantitative estimate of drug-likeness (QED) is 0.382. The van der Waals surface area contributed by atoms with Crippen molar-refractivity contribution in [2.45, 2.75) is 70.3 Å². The predicted molar refractivity (Wildman–Crippen MR) is 135 cm³/mol. The molecule has 1 heterocycles. The first-order chi connectivity index (χ1) is 16.5. The van der Waals surface area contributed by atoms with Gasteiger partial charge in [0.15, 0.2) is 5.60 Å². The van der Waals surface area contributed by atoms with Crippen LogP contribution in [0.3, 0.4) is 0 Å². The number of aromatic nitrogens is 1. The number of methoxy groups -OCH3 is 1. The van der Waals surface area contributed by atoms with Gasteiger partial charge in [0, 0.05) is 22.7 Å². The monoisotopic (exact) mass is 570 g/mol. The molecule has 1 unspecified atom stereocenters. The molecular formula is C26H30BrF3N2O4. The van der Waals surface area contributed by atoms with Crippen molar-refractivity contribution in [1.82, 2.24) is 4.98 Å². The SMILES string of the molecule is COc1ccc(Br)cc1C(C)(C)CC(O)(CC#Cc1ccncc1NC(=O)OC(C)(C)C)C(F)(F)F. The summed E-state index contributed by atoms with van der Waals surface area (Å²) in [5, 5.41) is 13.3. The van der Waals surface area contributed by atoms with Crippen LogP contribution in [0.5, 0.6) is 5.75 Å². The van der Waals surface area contributed by atoms with Crippen LogP contribution in [-0.4, -0.2) is 40.7 Å². The van der Waals surface area contributed by atoms with Gasteiger partial charge in [-0.05, 0) is 56.9 Å². The number of rotatable bonds is 6. The van der Waals surface area contributed by atoms with Gasteiger partial charge in [0.25, 0.3) is 0 Å². The zero-order chi connectivity index (χ0) is 27.4. The maximum Gasteiger partial charge on any atom is 0.418 e. The lowest BCUT2D eigenvalue weighted by Gasteiger charge is -2.37. The zero-order valence-corrected chi connectivity index (χ0v) is 22.6. The molecule has 2 aromatic rings. The first-order valence-electron chi connectivity index (χ1n) is 11.0. The number of carbonyl (C=O) groups excluding carboxylic acids is 1. The van der Waals surface area contributed by atoms with E-state index < -0.39 is 41.7 Å². The number of aliphatic hydroxyl groups is 1. The number of hydrogen-bond acceptors (Lipinski definition) is 5. The van der Waals surface area contributed by atoms with Crippen LogP contribution in [0.1, 0.15) is 58.6 Å². The van der Waals surface area contributed by atoms with E-state index in [4.69, 9.17) is 9.47 Å². The minimum Gasteiger partial charge on any atom is -0.496 e. The highest BCUT2D eigenvalue weighted by atomic mass is 79.9. The van der Waals surface area contributed by atoms with Gasteiger partial charge in [-0.25, -0.2) is 4.79 Å². The molecule has 1 aromatic carbocycles. The number of hydrogen-bond donors (Lipinski definition) is 2. The Morgan fingerprint density at radius 2 is 1.83 bits per heavy atom. The van der Waals surface area contributed by atoms with E-state index in [1.165, 1.54) is 25.6 Å². The summed E-state index contributed by atoms with van der Waals surface area (Å²) in [6.07, 6.45) is -4.55. The molecule has 0 aliphatic heterocycles.